The van der Waals surface area contributed by atoms with Crippen LogP contribution in [0.3, 0.4) is 0 Å². The van der Waals surface area contributed by atoms with Gasteiger partial charge >= 0.3 is 0 Å². The SMILES string of the molecule is CC(C)(C(=O)NC1CCC(N)CC1)c1cccc(Cl)c1. The Balaban J connectivity index is 2.03. The van der Waals surface area contributed by atoms with E-state index in [0.717, 1.165) is 31.2 Å². The molecule has 0 aliphatic heterocycles. The molecular formula is C16H23ClN2O. The molecule has 0 unspecified atom stereocenters. The van der Waals surface area contributed by atoms with Gasteiger partial charge in [0.1, 0.15) is 0 Å². The summed E-state index contributed by atoms with van der Waals surface area (Å²) >= 11 is 6.02. The summed E-state index contributed by atoms with van der Waals surface area (Å²) in [5.41, 5.74) is 6.25. The fourth-order valence-corrected chi connectivity index (χ4v) is 2.83. The van der Waals surface area contributed by atoms with Gasteiger partial charge in [-0.25, -0.2) is 0 Å². The van der Waals surface area contributed by atoms with Crippen LogP contribution in [0.4, 0.5) is 0 Å². The lowest BCUT2D eigenvalue weighted by Gasteiger charge is -2.31. The van der Waals surface area contributed by atoms with Crippen LogP contribution < -0.4 is 11.1 Å². The molecule has 0 spiro atoms. The van der Waals surface area contributed by atoms with Gasteiger partial charge in [-0.05, 0) is 57.2 Å². The molecule has 3 nitrogen and oxygen atoms in total. The summed E-state index contributed by atoms with van der Waals surface area (Å²) in [6.07, 6.45) is 3.92. The molecule has 0 aromatic heterocycles. The first kappa shape index (κ1) is 15.3. The Morgan fingerprint density at radius 3 is 2.55 bits per heavy atom. The number of rotatable bonds is 3. The second-order valence-corrected chi connectivity index (χ2v) is 6.66. The number of nitrogens with one attached hydrogen (secondary N) is 1. The number of amides is 1. The Kier molecular flexibility index (Phi) is 4.71. The van der Waals surface area contributed by atoms with Crippen LogP contribution in [0.2, 0.25) is 5.02 Å². The second-order valence-electron chi connectivity index (χ2n) is 6.22. The first-order valence-corrected chi connectivity index (χ1v) is 7.60. The van der Waals surface area contributed by atoms with Gasteiger partial charge in [0.25, 0.3) is 0 Å². The lowest BCUT2D eigenvalue weighted by molar-refractivity contribution is -0.126. The largest absolute Gasteiger partial charge is 0.353 e. The predicted octanol–water partition coefficient (Wildman–Crippen LogP) is 3.00. The average molecular weight is 295 g/mol. The summed E-state index contributed by atoms with van der Waals surface area (Å²) < 4.78 is 0. The lowest BCUT2D eigenvalue weighted by Crippen LogP contribution is -2.47. The summed E-state index contributed by atoms with van der Waals surface area (Å²) in [5, 5.41) is 3.82. The van der Waals surface area contributed by atoms with E-state index in [-0.39, 0.29) is 11.9 Å². The zero-order chi connectivity index (χ0) is 14.8. The van der Waals surface area contributed by atoms with Crippen molar-refractivity contribution in [3.8, 4) is 0 Å². The van der Waals surface area contributed by atoms with Crippen molar-refractivity contribution in [2.75, 3.05) is 0 Å². The molecule has 20 heavy (non-hydrogen) atoms. The van der Waals surface area contributed by atoms with E-state index in [1.165, 1.54) is 0 Å². The van der Waals surface area contributed by atoms with E-state index in [4.69, 9.17) is 17.3 Å². The van der Waals surface area contributed by atoms with Gasteiger partial charge in [0, 0.05) is 17.1 Å². The number of benzene rings is 1. The fourth-order valence-electron chi connectivity index (χ4n) is 2.64. The lowest BCUT2D eigenvalue weighted by atomic mass is 9.82. The van der Waals surface area contributed by atoms with E-state index in [0.29, 0.717) is 11.1 Å². The van der Waals surface area contributed by atoms with Gasteiger partial charge < -0.3 is 11.1 Å². The van der Waals surface area contributed by atoms with Gasteiger partial charge in [0.15, 0.2) is 0 Å². The normalized spacial score (nSPS) is 23.4. The highest BCUT2D eigenvalue weighted by Crippen LogP contribution is 2.27. The molecular weight excluding hydrogens is 272 g/mol. The van der Waals surface area contributed by atoms with E-state index in [2.05, 4.69) is 5.32 Å². The van der Waals surface area contributed by atoms with E-state index in [9.17, 15) is 4.79 Å². The van der Waals surface area contributed by atoms with E-state index >= 15 is 0 Å². The fraction of sp³-hybridized carbons (Fsp3) is 0.562. The zero-order valence-corrected chi connectivity index (χ0v) is 12.9. The highest BCUT2D eigenvalue weighted by atomic mass is 35.5. The Morgan fingerprint density at radius 1 is 1.30 bits per heavy atom. The molecule has 3 N–H and O–H groups in total. The maximum absolute atomic E-state index is 12.5. The average Bonchev–Trinajstić information content (AvgIpc) is 2.41. The summed E-state index contributed by atoms with van der Waals surface area (Å²) in [5.74, 6) is 0.0558. The molecule has 0 bridgehead atoms. The third-order valence-electron chi connectivity index (χ3n) is 4.22. The van der Waals surface area contributed by atoms with Crippen molar-refractivity contribution in [1.82, 2.24) is 5.32 Å². The molecule has 1 fully saturated rings. The highest BCUT2D eigenvalue weighted by Gasteiger charge is 2.32. The van der Waals surface area contributed by atoms with Crippen molar-refractivity contribution in [1.29, 1.82) is 0 Å². The van der Waals surface area contributed by atoms with Crippen molar-refractivity contribution in [3.05, 3.63) is 34.9 Å². The van der Waals surface area contributed by atoms with Crippen molar-refractivity contribution in [2.45, 2.75) is 57.0 Å². The molecule has 0 saturated heterocycles. The topological polar surface area (TPSA) is 55.1 Å². The van der Waals surface area contributed by atoms with Crippen LogP contribution in [0.5, 0.6) is 0 Å². The quantitative estimate of drug-likeness (QED) is 0.900. The molecule has 1 aromatic rings. The third kappa shape index (κ3) is 3.53. The van der Waals surface area contributed by atoms with Gasteiger partial charge in [-0.3, -0.25) is 4.79 Å². The van der Waals surface area contributed by atoms with Crippen molar-refractivity contribution >= 4 is 17.5 Å². The van der Waals surface area contributed by atoms with Crippen molar-refractivity contribution in [2.24, 2.45) is 5.73 Å². The maximum Gasteiger partial charge on any atom is 0.230 e. The molecule has 0 atom stereocenters. The molecule has 1 amide bonds. The van der Waals surface area contributed by atoms with Gasteiger partial charge in [-0.2, -0.15) is 0 Å². The van der Waals surface area contributed by atoms with Gasteiger partial charge in [0.2, 0.25) is 5.91 Å². The number of halogens is 1. The molecule has 0 radical (unpaired) electrons. The number of hydrogen-bond acceptors (Lipinski definition) is 2. The number of hydrogen-bond donors (Lipinski definition) is 2. The van der Waals surface area contributed by atoms with Gasteiger partial charge in [0.05, 0.1) is 5.41 Å². The third-order valence-corrected chi connectivity index (χ3v) is 4.46. The first-order chi connectivity index (χ1) is 9.39. The van der Waals surface area contributed by atoms with E-state index < -0.39 is 5.41 Å². The van der Waals surface area contributed by atoms with Crippen molar-refractivity contribution in [3.63, 3.8) is 0 Å². The maximum atomic E-state index is 12.5. The number of carbonyl (C=O) groups is 1. The molecule has 4 heteroatoms. The van der Waals surface area contributed by atoms with Crippen LogP contribution in [0.25, 0.3) is 0 Å². The first-order valence-electron chi connectivity index (χ1n) is 7.22. The van der Waals surface area contributed by atoms with Crippen molar-refractivity contribution < 1.29 is 4.79 Å². The van der Waals surface area contributed by atoms with Crippen LogP contribution in [-0.2, 0) is 10.2 Å². The van der Waals surface area contributed by atoms with Crippen LogP contribution in [0.1, 0.15) is 45.1 Å². The molecule has 1 aliphatic rings. The van der Waals surface area contributed by atoms with Crippen LogP contribution in [0, 0.1) is 0 Å². The zero-order valence-electron chi connectivity index (χ0n) is 12.2. The van der Waals surface area contributed by atoms with Gasteiger partial charge in [-0.1, -0.05) is 23.7 Å². The Bertz CT molecular complexity index is 479. The summed E-state index contributed by atoms with van der Waals surface area (Å²) in [4.78, 5) is 12.5. The standard InChI is InChI=1S/C16H23ClN2O/c1-16(2,11-4-3-5-12(17)10-11)15(20)19-14-8-6-13(18)7-9-14/h3-5,10,13-14H,6-9,18H2,1-2H3,(H,19,20). The molecule has 2 rings (SSSR count). The number of nitrogens with two attached hydrogens (primary N) is 1. The van der Waals surface area contributed by atoms with E-state index in [1.54, 1.807) is 0 Å². The van der Waals surface area contributed by atoms with Crippen LogP contribution in [0.15, 0.2) is 24.3 Å². The minimum Gasteiger partial charge on any atom is -0.353 e. The highest BCUT2D eigenvalue weighted by molar-refractivity contribution is 6.30. The smallest absolute Gasteiger partial charge is 0.230 e. The molecule has 0 heterocycles. The Morgan fingerprint density at radius 2 is 1.95 bits per heavy atom. The minimum atomic E-state index is -0.579. The van der Waals surface area contributed by atoms with E-state index in [1.807, 2.05) is 38.1 Å². The van der Waals surface area contributed by atoms with Crippen LogP contribution >= 0.6 is 11.6 Å². The minimum absolute atomic E-state index is 0.0558. The molecule has 110 valence electrons. The molecule has 1 aromatic carbocycles. The molecule has 1 saturated carbocycles. The Labute approximate surface area is 125 Å². The summed E-state index contributed by atoms with van der Waals surface area (Å²) in [6.45, 7) is 3.87. The monoisotopic (exact) mass is 294 g/mol. The summed E-state index contributed by atoms with van der Waals surface area (Å²) in [6, 6.07) is 8.05. The number of carbonyl (C=O) groups excluding carboxylic acids is 1. The van der Waals surface area contributed by atoms with Crippen LogP contribution in [-0.4, -0.2) is 18.0 Å². The predicted molar refractivity (Wildman–Crippen MR) is 82.9 cm³/mol. The Hall–Kier alpha value is -1.06. The second kappa shape index (κ2) is 6.15. The van der Waals surface area contributed by atoms with Gasteiger partial charge in [-0.15, -0.1) is 0 Å². The molecule has 1 aliphatic carbocycles. The summed E-state index contributed by atoms with van der Waals surface area (Å²) in [7, 11) is 0.